The fourth-order valence-corrected chi connectivity index (χ4v) is 1.48. The lowest BCUT2D eigenvalue weighted by molar-refractivity contribution is 0.275. The van der Waals surface area contributed by atoms with E-state index in [4.69, 9.17) is 5.11 Å². The Morgan fingerprint density at radius 2 is 1.86 bits per heavy atom. The van der Waals surface area contributed by atoms with E-state index in [9.17, 15) is 5.11 Å². The first kappa shape index (κ1) is 10.9. The first-order valence-electron chi connectivity index (χ1n) is 4.90. The highest BCUT2D eigenvalue weighted by molar-refractivity contribution is 5.52. The zero-order valence-corrected chi connectivity index (χ0v) is 8.70. The number of nitrogens with zero attached hydrogens (tertiary/aromatic N) is 1. The van der Waals surface area contributed by atoms with E-state index in [0.717, 1.165) is 18.8 Å². The predicted octanol–water partition coefficient (Wildman–Crippen LogP) is 1.73. The SMILES string of the molecule is CCN(CC)c1ccc(O)c(CO)c1. The number of benzene rings is 1. The van der Waals surface area contributed by atoms with E-state index in [1.54, 1.807) is 6.07 Å². The molecule has 0 saturated carbocycles. The summed E-state index contributed by atoms with van der Waals surface area (Å²) in [7, 11) is 0. The highest BCUT2D eigenvalue weighted by Crippen LogP contribution is 2.23. The van der Waals surface area contributed by atoms with Gasteiger partial charge in [-0.2, -0.15) is 0 Å². The molecule has 0 aliphatic heterocycles. The van der Waals surface area contributed by atoms with Crippen molar-refractivity contribution in [3.8, 4) is 5.75 Å². The van der Waals surface area contributed by atoms with Gasteiger partial charge in [0, 0.05) is 24.3 Å². The van der Waals surface area contributed by atoms with Crippen LogP contribution in [0.1, 0.15) is 19.4 Å². The molecule has 0 heterocycles. The summed E-state index contributed by atoms with van der Waals surface area (Å²) in [5, 5.41) is 18.4. The quantitative estimate of drug-likeness (QED) is 0.769. The summed E-state index contributed by atoms with van der Waals surface area (Å²) in [6.07, 6.45) is 0. The molecule has 3 nitrogen and oxygen atoms in total. The van der Waals surface area contributed by atoms with Crippen LogP contribution >= 0.6 is 0 Å². The van der Waals surface area contributed by atoms with Crippen LogP contribution < -0.4 is 4.90 Å². The van der Waals surface area contributed by atoms with Crippen LogP contribution in [0.4, 0.5) is 5.69 Å². The molecular formula is C11H17NO2. The van der Waals surface area contributed by atoms with Gasteiger partial charge in [0.25, 0.3) is 0 Å². The maximum absolute atomic E-state index is 9.38. The van der Waals surface area contributed by atoms with Gasteiger partial charge in [0.1, 0.15) is 5.75 Å². The van der Waals surface area contributed by atoms with Crippen LogP contribution in [0.25, 0.3) is 0 Å². The van der Waals surface area contributed by atoms with Crippen molar-refractivity contribution in [3.63, 3.8) is 0 Å². The Balaban J connectivity index is 2.98. The molecule has 3 heteroatoms. The molecular weight excluding hydrogens is 178 g/mol. The Morgan fingerprint density at radius 1 is 1.21 bits per heavy atom. The smallest absolute Gasteiger partial charge is 0.121 e. The maximum atomic E-state index is 9.38. The van der Waals surface area contributed by atoms with Crippen LogP contribution in [0.5, 0.6) is 5.75 Å². The molecule has 1 aromatic carbocycles. The van der Waals surface area contributed by atoms with Gasteiger partial charge < -0.3 is 15.1 Å². The van der Waals surface area contributed by atoms with Gasteiger partial charge in [0.05, 0.1) is 6.61 Å². The summed E-state index contributed by atoms with van der Waals surface area (Å²) in [6.45, 7) is 5.88. The number of aliphatic hydroxyl groups excluding tert-OH is 1. The first-order chi connectivity index (χ1) is 6.72. The monoisotopic (exact) mass is 195 g/mol. The van der Waals surface area contributed by atoms with Gasteiger partial charge >= 0.3 is 0 Å². The average Bonchev–Trinajstić information content (AvgIpc) is 2.22. The largest absolute Gasteiger partial charge is 0.508 e. The van der Waals surface area contributed by atoms with E-state index in [2.05, 4.69) is 18.7 Å². The number of aromatic hydroxyl groups is 1. The van der Waals surface area contributed by atoms with E-state index < -0.39 is 0 Å². The summed E-state index contributed by atoms with van der Waals surface area (Å²) < 4.78 is 0. The van der Waals surface area contributed by atoms with Crippen LogP contribution in [0.3, 0.4) is 0 Å². The Kier molecular flexibility index (Phi) is 3.77. The van der Waals surface area contributed by atoms with E-state index >= 15 is 0 Å². The van der Waals surface area contributed by atoms with Crippen molar-refractivity contribution in [1.82, 2.24) is 0 Å². The van der Waals surface area contributed by atoms with Crippen LogP contribution in [-0.2, 0) is 6.61 Å². The Labute approximate surface area is 84.6 Å². The van der Waals surface area contributed by atoms with Crippen LogP contribution in [0.2, 0.25) is 0 Å². The van der Waals surface area contributed by atoms with E-state index in [-0.39, 0.29) is 12.4 Å². The van der Waals surface area contributed by atoms with Gasteiger partial charge in [-0.15, -0.1) is 0 Å². The predicted molar refractivity (Wildman–Crippen MR) is 57.6 cm³/mol. The number of hydrogen-bond donors (Lipinski definition) is 2. The normalized spacial score (nSPS) is 10.2. The third-order valence-corrected chi connectivity index (χ3v) is 2.36. The van der Waals surface area contributed by atoms with Crippen molar-refractivity contribution < 1.29 is 10.2 Å². The molecule has 78 valence electrons. The molecule has 1 aromatic rings. The zero-order chi connectivity index (χ0) is 10.6. The summed E-state index contributed by atoms with van der Waals surface area (Å²) in [4.78, 5) is 2.17. The molecule has 0 saturated heterocycles. The molecule has 0 atom stereocenters. The van der Waals surface area contributed by atoms with Gasteiger partial charge in [-0.3, -0.25) is 0 Å². The van der Waals surface area contributed by atoms with E-state index in [1.165, 1.54) is 0 Å². The zero-order valence-electron chi connectivity index (χ0n) is 8.70. The number of hydrogen-bond acceptors (Lipinski definition) is 3. The van der Waals surface area contributed by atoms with Crippen molar-refractivity contribution in [2.24, 2.45) is 0 Å². The maximum Gasteiger partial charge on any atom is 0.121 e. The molecule has 0 fully saturated rings. The Morgan fingerprint density at radius 3 is 2.36 bits per heavy atom. The first-order valence-corrected chi connectivity index (χ1v) is 4.90. The summed E-state index contributed by atoms with van der Waals surface area (Å²) in [5.41, 5.74) is 1.62. The number of phenols is 1. The van der Waals surface area contributed by atoms with Crippen molar-refractivity contribution >= 4 is 5.69 Å². The molecule has 0 bridgehead atoms. The fraction of sp³-hybridized carbons (Fsp3) is 0.455. The van der Waals surface area contributed by atoms with Gasteiger partial charge in [0.2, 0.25) is 0 Å². The number of rotatable bonds is 4. The van der Waals surface area contributed by atoms with Gasteiger partial charge in [0.15, 0.2) is 0 Å². The molecule has 0 unspecified atom stereocenters. The van der Waals surface area contributed by atoms with Crippen LogP contribution in [0, 0.1) is 0 Å². The molecule has 0 amide bonds. The molecule has 0 aromatic heterocycles. The summed E-state index contributed by atoms with van der Waals surface area (Å²) in [6, 6.07) is 5.31. The highest BCUT2D eigenvalue weighted by Gasteiger charge is 2.05. The Hall–Kier alpha value is -1.22. The lowest BCUT2D eigenvalue weighted by Gasteiger charge is -2.21. The standard InChI is InChI=1S/C11H17NO2/c1-3-12(4-2)10-5-6-11(14)9(7-10)8-13/h5-7,13-14H,3-4,8H2,1-2H3. The minimum Gasteiger partial charge on any atom is -0.508 e. The summed E-state index contributed by atoms with van der Waals surface area (Å²) in [5.74, 6) is 0.156. The number of aliphatic hydroxyl groups is 1. The minimum atomic E-state index is -0.124. The molecule has 0 spiro atoms. The lowest BCUT2D eigenvalue weighted by atomic mass is 10.1. The second kappa shape index (κ2) is 4.86. The van der Waals surface area contributed by atoms with E-state index in [1.807, 2.05) is 12.1 Å². The van der Waals surface area contributed by atoms with Gasteiger partial charge in [-0.05, 0) is 32.0 Å². The van der Waals surface area contributed by atoms with Gasteiger partial charge in [-0.1, -0.05) is 0 Å². The number of anilines is 1. The molecule has 0 radical (unpaired) electrons. The molecule has 0 aliphatic carbocycles. The Bertz CT molecular complexity index is 295. The van der Waals surface area contributed by atoms with Crippen molar-refractivity contribution in [1.29, 1.82) is 0 Å². The fourth-order valence-electron chi connectivity index (χ4n) is 1.48. The molecule has 1 rings (SSSR count). The molecule has 14 heavy (non-hydrogen) atoms. The summed E-state index contributed by atoms with van der Waals surface area (Å²) >= 11 is 0. The molecule has 0 aliphatic rings. The van der Waals surface area contributed by atoms with Crippen LogP contribution in [0.15, 0.2) is 18.2 Å². The van der Waals surface area contributed by atoms with E-state index in [0.29, 0.717) is 5.56 Å². The lowest BCUT2D eigenvalue weighted by Crippen LogP contribution is -2.21. The third kappa shape index (κ3) is 2.17. The highest BCUT2D eigenvalue weighted by atomic mass is 16.3. The second-order valence-corrected chi connectivity index (χ2v) is 3.14. The van der Waals surface area contributed by atoms with Crippen molar-refractivity contribution in [3.05, 3.63) is 23.8 Å². The average molecular weight is 195 g/mol. The molecule has 2 N–H and O–H groups in total. The van der Waals surface area contributed by atoms with Crippen molar-refractivity contribution in [2.75, 3.05) is 18.0 Å². The van der Waals surface area contributed by atoms with Crippen LogP contribution in [-0.4, -0.2) is 23.3 Å². The van der Waals surface area contributed by atoms with Gasteiger partial charge in [-0.25, -0.2) is 0 Å². The third-order valence-electron chi connectivity index (χ3n) is 2.36. The topological polar surface area (TPSA) is 43.7 Å². The second-order valence-electron chi connectivity index (χ2n) is 3.14. The minimum absolute atomic E-state index is 0.124. The van der Waals surface area contributed by atoms with Crippen molar-refractivity contribution in [2.45, 2.75) is 20.5 Å².